The second kappa shape index (κ2) is 7.18. The number of hydrogen-bond donors (Lipinski definition) is 0. The van der Waals surface area contributed by atoms with E-state index in [0.29, 0.717) is 19.1 Å². The largest absolute Gasteiger partial charge is 0.460 e. The topological polar surface area (TPSA) is 36.7 Å². The predicted molar refractivity (Wildman–Crippen MR) is 92.2 cm³/mol. The van der Waals surface area contributed by atoms with Crippen molar-refractivity contribution in [1.82, 2.24) is 9.80 Å². The van der Waals surface area contributed by atoms with E-state index in [4.69, 9.17) is 4.42 Å². The number of likely N-dealkylation sites (tertiary alicyclic amines) is 1. The van der Waals surface area contributed by atoms with Gasteiger partial charge in [-0.2, -0.15) is 0 Å². The van der Waals surface area contributed by atoms with Crippen molar-refractivity contribution in [3.8, 4) is 0 Å². The molecule has 3 rings (SSSR count). The molecule has 124 valence electrons. The van der Waals surface area contributed by atoms with Gasteiger partial charge in [0.2, 0.25) is 5.91 Å². The van der Waals surface area contributed by atoms with Crippen LogP contribution in [0.1, 0.15) is 38.4 Å². The average Bonchev–Trinajstić information content (AvgIpc) is 2.96. The molecule has 0 saturated carbocycles. The minimum absolute atomic E-state index is 0.246. The molecule has 1 saturated heterocycles. The highest BCUT2D eigenvalue weighted by Crippen LogP contribution is 2.21. The highest BCUT2D eigenvalue weighted by Gasteiger charge is 2.25. The van der Waals surface area contributed by atoms with Crippen LogP contribution >= 0.6 is 0 Å². The summed E-state index contributed by atoms with van der Waals surface area (Å²) in [6.07, 6.45) is 4.58. The number of benzene rings is 1. The summed E-state index contributed by atoms with van der Waals surface area (Å²) < 4.78 is 5.84. The van der Waals surface area contributed by atoms with E-state index >= 15 is 0 Å². The smallest absolute Gasteiger partial charge is 0.236 e. The van der Waals surface area contributed by atoms with Crippen LogP contribution in [0.2, 0.25) is 0 Å². The summed E-state index contributed by atoms with van der Waals surface area (Å²) in [4.78, 5) is 16.7. The summed E-state index contributed by atoms with van der Waals surface area (Å²) in [5.74, 6) is 1.15. The fourth-order valence-corrected chi connectivity index (χ4v) is 3.51. The van der Waals surface area contributed by atoms with Gasteiger partial charge >= 0.3 is 0 Å². The molecule has 0 radical (unpaired) electrons. The number of nitrogens with zero attached hydrogens (tertiary/aromatic N) is 2. The maximum absolute atomic E-state index is 12.6. The second-order valence-corrected chi connectivity index (χ2v) is 6.57. The van der Waals surface area contributed by atoms with Gasteiger partial charge in [0.25, 0.3) is 0 Å². The molecule has 1 unspecified atom stereocenters. The molecule has 1 atom stereocenters. The quantitative estimate of drug-likeness (QED) is 0.845. The van der Waals surface area contributed by atoms with Crippen molar-refractivity contribution >= 4 is 16.9 Å². The average molecular weight is 314 g/mol. The SMILES string of the molecule is CCC1CCCCN1C(=O)CN(C)Cc1cc2ccccc2o1. The Morgan fingerprint density at radius 2 is 2.17 bits per heavy atom. The van der Waals surface area contributed by atoms with Gasteiger partial charge < -0.3 is 9.32 Å². The predicted octanol–water partition coefficient (Wildman–Crippen LogP) is 3.66. The molecule has 4 heteroatoms. The van der Waals surface area contributed by atoms with Gasteiger partial charge in [-0.05, 0) is 44.9 Å². The summed E-state index contributed by atoms with van der Waals surface area (Å²) in [5.41, 5.74) is 0.907. The Kier molecular flexibility index (Phi) is 5.01. The third-order valence-electron chi connectivity index (χ3n) is 4.73. The molecular formula is C19H26N2O2. The fraction of sp³-hybridized carbons (Fsp3) is 0.526. The molecule has 1 aromatic carbocycles. The third kappa shape index (κ3) is 3.75. The molecule has 2 aromatic rings. The minimum Gasteiger partial charge on any atom is -0.460 e. The van der Waals surface area contributed by atoms with E-state index in [1.165, 1.54) is 6.42 Å². The van der Waals surface area contributed by atoms with Gasteiger partial charge in [0.1, 0.15) is 11.3 Å². The van der Waals surface area contributed by atoms with Crippen LogP contribution in [-0.2, 0) is 11.3 Å². The van der Waals surface area contributed by atoms with Crippen LogP contribution < -0.4 is 0 Å². The minimum atomic E-state index is 0.246. The maximum atomic E-state index is 12.6. The highest BCUT2D eigenvalue weighted by molar-refractivity contribution is 5.79. The van der Waals surface area contributed by atoms with Crippen LogP contribution in [0.25, 0.3) is 11.0 Å². The van der Waals surface area contributed by atoms with Gasteiger partial charge in [-0.1, -0.05) is 25.1 Å². The lowest BCUT2D eigenvalue weighted by atomic mass is 10.00. The normalized spacial score (nSPS) is 18.7. The van der Waals surface area contributed by atoms with E-state index in [-0.39, 0.29) is 5.91 Å². The maximum Gasteiger partial charge on any atom is 0.236 e. The van der Waals surface area contributed by atoms with E-state index in [1.807, 2.05) is 36.2 Å². The van der Waals surface area contributed by atoms with E-state index in [2.05, 4.69) is 17.9 Å². The molecule has 4 nitrogen and oxygen atoms in total. The summed E-state index contributed by atoms with van der Waals surface area (Å²) >= 11 is 0. The van der Waals surface area contributed by atoms with Crippen LogP contribution in [0.15, 0.2) is 34.7 Å². The second-order valence-electron chi connectivity index (χ2n) is 6.57. The van der Waals surface area contributed by atoms with Gasteiger partial charge in [-0.15, -0.1) is 0 Å². The van der Waals surface area contributed by atoms with Crippen LogP contribution in [0.5, 0.6) is 0 Å². The first-order valence-corrected chi connectivity index (χ1v) is 8.63. The Morgan fingerprint density at radius 1 is 1.35 bits per heavy atom. The molecule has 0 aliphatic carbocycles. The lowest BCUT2D eigenvalue weighted by Crippen LogP contribution is -2.47. The first kappa shape index (κ1) is 16.1. The molecule has 1 amide bonds. The monoisotopic (exact) mass is 314 g/mol. The van der Waals surface area contributed by atoms with Crippen LogP contribution in [0, 0.1) is 0 Å². The first-order valence-electron chi connectivity index (χ1n) is 8.63. The Bertz CT molecular complexity index is 631. The zero-order valence-corrected chi connectivity index (χ0v) is 14.1. The van der Waals surface area contributed by atoms with Crippen molar-refractivity contribution < 1.29 is 9.21 Å². The zero-order valence-electron chi connectivity index (χ0n) is 14.1. The van der Waals surface area contributed by atoms with Gasteiger partial charge in [0.15, 0.2) is 0 Å². The Balaban J connectivity index is 1.59. The van der Waals surface area contributed by atoms with Gasteiger partial charge in [-0.25, -0.2) is 0 Å². The Labute approximate surface area is 138 Å². The third-order valence-corrected chi connectivity index (χ3v) is 4.73. The number of furan rings is 1. The number of para-hydroxylation sites is 1. The van der Waals surface area contributed by atoms with Crippen molar-refractivity contribution in [2.24, 2.45) is 0 Å². The molecule has 23 heavy (non-hydrogen) atoms. The summed E-state index contributed by atoms with van der Waals surface area (Å²) in [7, 11) is 1.98. The first-order chi connectivity index (χ1) is 11.2. The number of likely N-dealkylation sites (N-methyl/N-ethyl adjacent to an activating group) is 1. The Morgan fingerprint density at radius 3 is 2.96 bits per heavy atom. The highest BCUT2D eigenvalue weighted by atomic mass is 16.3. The molecule has 0 bridgehead atoms. The van der Waals surface area contributed by atoms with Crippen molar-refractivity contribution in [1.29, 1.82) is 0 Å². The summed E-state index contributed by atoms with van der Waals surface area (Å²) in [6.45, 7) is 4.20. The number of carbonyl (C=O) groups excluding carboxylic acids is 1. The molecule has 1 aromatic heterocycles. The molecule has 2 heterocycles. The number of hydrogen-bond acceptors (Lipinski definition) is 3. The molecule has 0 spiro atoms. The molecular weight excluding hydrogens is 288 g/mol. The van der Waals surface area contributed by atoms with Gasteiger partial charge in [0.05, 0.1) is 13.1 Å². The van der Waals surface area contributed by atoms with Crippen LogP contribution in [0.4, 0.5) is 0 Å². The van der Waals surface area contributed by atoms with Gasteiger partial charge in [-0.3, -0.25) is 9.69 Å². The molecule has 1 aliphatic rings. The summed E-state index contributed by atoms with van der Waals surface area (Å²) in [6, 6.07) is 10.5. The number of amides is 1. The van der Waals surface area contributed by atoms with E-state index < -0.39 is 0 Å². The molecule has 0 N–H and O–H groups in total. The van der Waals surface area contributed by atoms with Gasteiger partial charge in [0, 0.05) is 18.0 Å². The van der Waals surface area contributed by atoms with Crippen molar-refractivity contribution in [3.63, 3.8) is 0 Å². The van der Waals surface area contributed by atoms with Crippen LogP contribution in [0.3, 0.4) is 0 Å². The van der Waals surface area contributed by atoms with Crippen molar-refractivity contribution in [2.45, 2.75) is 45.2 Å². The number of rotatable bonds is 5. The summed E-state index contributed by atoms with van der Waals surface area (Å²) in [5, 5.41) is 1.12. The number of piperidine rings is 1. The lowest BCUT2D eigenvalue weighted by molar-refractivity contribution is -0.136. The number of carbonyl (C=O) groups is 1. The van der Waals surface area contributed by atoms with Crippen molar-refractivity contribution in [3.05, 3.63) is 36.1 Å². The van der Waals surface area contributed by atoms with E-state index in [1.54, 1.807) is 0 Å². The number of fused-ring (bicyclic) bond motifs is 1. The zero-order chi connectivity index (χ0) is 16.2. The van der Waals surface area contributed by atoms with Crippen LogP contribution in [-0.4, -0.2) is 41.9 Å². The fourth-order valence-electron chi connectivity index (χ4n) is 3.51. The lowest BCUT2D eigenvalue weighted by Gasteiger charge is -2.36. The van der Waals surface area contributed by atoms with E-state index in [9.17, 15) is 4.79 Å². The Hall–Kier alpha value is -1.81. The van der Waals surface area contributed by atoms with Crippen molar-refractivity contribution in [2.75, 3.05) is 20.1 Å². The van der Waals surface area contributed by atoms with E-state index in [0.717, 1.165) is 42.5 Å². The molecule has 1 aliphatic heterocycles. The standard InChI is InChI=1S/C19H26N2O2/c1-3-16-9-6-7-11-21(16)19(22)14-20(2)13-17-12-15-8-4-5-10-18(15)23-17/h4-5,8,10,12,16H,3,6-7,9,11,13-14H2,1-2H3. The molecule has 1 fully saturated rings.